The number of thiocarbonyl (C=S) groups is 1. The molecule has 1 heterocycles. The van der Waals surface area contributed by atoms with Gasteiger partial charge < -0.3 is 11.1 Å². The number of nitrogens with one attached hydrogen (secondary N) is 1. The van der Waals surface area contributed by atoms with Crippen LogP contribution >= 0.6 is 23.6 Å². The van der Waals surface area contributed by atoms with Crippen molar-refractivity contribution in [2.24, 2.45) is 5.73 Å². The van der Waals surface area contributed by atoms with Crippen LogP contribution < -0.4 is 11.1 Å². The van der Waals surface area contributed by atoms with E-state index in [1.165, 1.54) is 5.56 Å². The number of hydrogen-bond donors (Lipinski definition) is 2. The van der Waals surface area contributed by atoms with E-state index in [1.807, 2.05) is 19.1 Å². The molecular formula is C14H17N3S2. The number of nitrogens with two attached hydrogens (primary N) is 1. The Hall–Kier alpha value is -1.46. The van der Waals surface area contributed by atoms with E-state index in [0.717, 1.165) is 34.9 Å². The van der Waals surface area contributed by atoms with Crippen LogP contribution in [0.15, 0.2) is 23.6 Å². The fraction of sp³-hybridized carbons (Fsp3) is 0.286. The van der Waals surface area contributed by atoms with Gasteiger partial charge in [0.05, 0.1) is 10.7 Å². The summed E-state index contributed by atoms with van der Waals surface area (Å²) in [7, 11) is 0. The minimum Gasteiger partial charge on any atom is -0.389 e. The van der Waals surface area contributed by atoms with Crippen LogP contribution in [-0.2, 0) is 6.42 Å². The molecular weight excluding hydrogens is 274 g/mol. The first-order valence-electron chi connectivity index (χ1n) is 6.11. The molecule has 3 N–H and O–H groups in total. The third kappa shape index (κ3) is 3.75. The van der Waals surface area contributed by atoms with Crippen molar-refractivity contribution in [2.75, 3.05) is 11.9 Å². The summed E-state index contributed by atoms with van der Waals surface area (Å²) in [5.74, 6) is 0. The maximum atomic E-state index is 5.73. The standard InChI is InChI=1S/C14H17N3S2/c1-9-3-4-12(14(15)18)13(7-9)16-6-5-11-8-19-10(2)17-11/h3-4,7-8,16H,5-6H2,1-2H3,(H2,15,18). The van der Waals surface area contributed by atoms with Gasteiger partial charge >= 0.3 is 0 Å². The summed E-state index contributed by atoms with van der Waals surface area (Å²) < 4.78 is 0. The summed E-state index contributed by atoms with van der Waals surface area (Å²) in [5.41, 5.74) is 9.94. The second-order valence-electron chi connectivity index (χ2n) is 4.45. The fourth-order valence-electron chi connectivity index (χ4n) is 1.87. The van der Waals surface area contributed by atoms with Crippen molar-refractivity contribution < 1.29 is 0 Å². The zero-order valence-electron chi connectivity index (χ0n) is 11.1. The van der Waals surface area contributed by atoms with Gasteiger partial charge in [-0.15, -0.1) is 11.3 Å². The van der Waals surface area contributed by atoms with E-state index in [2.05, 4.69) is 28.7 Å². The van der Waals surface area contributed by atoms with Gasteiger partial charge in [-0.2, -0.15) is 0 Å². The minimum absolute atomic E-state index is 0.423. The Morgan fingerprint density at radius 2 is 2.21 bits per heavy atom. The largest absolute Gasteiger partial charge is 0.389 e. The molecule has 0 unspecified atom stereocenters. The molecule has 1 aromatic carbocycles. The lowest BCUT2D eigenvalue weighted by molar-refractivity contribution is 0.968. The van der Waals surface area contributed by atoms with Crippen LogP contribution in [0.4, 0.5) is 5.69 Å². The topological polar surface area (TPSA) is 50.9 Å². The molecule has 0 fully saturated rings. The highest BCUT2D eigenvalue weighted by molar-refractivity contribution is 7.80. The Kier molecular flexibility index (Phi) is 4.50. The molecule has 3 nitrogen and oxygen atoms in total. The summed E-state index contributed by atoms with van der Waals surface area (Å²) in [4.78, 5) is 4.87. The first-order valence-corrected chi connectivity index (χ1v) is 7.40. The molecule has 19 heavy (non-hydrogen) atoms. The Morgan fingerprint density at radius 3 is 2.84 bits per heavy atom. The quantitative estimate of drug-likeness (QED) is 0.831. The highest BCUT2D eigenvalue weighted by atomic mass is 32.1. The summed E-state index contributed by atoms with van der Waals surface area (Å²) in [5, 5.41) is 6.60. The molecule has 0 aliphatic heterocycles. The number of benzene rings is 1. The predicted molar refractivity (Wildman–Crippen MR) is 86.1 cm³/mol. The fourth-order valence-corrected chi connectivity index (χ4v) is 2.69. The van der Waals surface area contributed by atoms with Gasteiger partial charge in [0.15, 0.2) is 0 Å². The molecule has 0 saturated carbocycles. The first kappa shape index (κ1) is 14.0. The van der Waals surface area contributed by atoms with Gasteiger partial charge in [0, 0.05) is 29.6 Å². The van der Waals surface area contributed by atoms with Crippen LogP contribution in [0.2, 0.25) is 0 Å². The second-order valence-corrected chi connectivity index (χ2v) is 5.95. The van der Waals surface area contributed by atoms with Crippen LogP contribution in [0, 0.1) is 13.8 Å². The summed E-state index contributed by atoms with van der Waals surface area (Å²) >= 11 is 6.75. The Morgan fingerprint density at radius 1 is 1.42 bits per heavy atom. The van der Waals surface area contributed by atoms with Crippen molar-refractivity contribution in [1.29, 1.82) is 0 Å². The zero-order valence-corrected chi connectivity index (χ0v) is 12.7. The van der Waals surface area contributed by atoms with Crippen molar-refractivity contribution in [3.8, 4) is 0 Å². The Bertz CT molecular complexity index is 590. The van der Waals surface area contributed by atoms with E-state index in [0.29, 0.717) is 4.99 Å². The van der Waals surface area contributed by atoms with E-state index in [1.54, 1.807) is 11.3 Å². The van der Waals surface area contributed by atoms with Crippen LogP contribution in [0.1, 0.15) is 21.8 Å². The summed E-state index contributed by atoms with van der Waals surface area (Å²) in [6.07, 6.45) is 0.898. The molecule has 0 radical (unpaired) electrons. The third-order valence-corrected chi connectivity index (χ3v) is 3.85. The van der Waals surface area contributed by atoms with E-state index in [4.69, 9.17) is 18.0 Å². The molecule has 0 aliphatic rings. The number of nitrogens with zero attached hydrogens (tertiary/aromatic N) is 1. The van der Waals surface area contributed by atoms with Gasteiger partial charge in [-0.3, -0.25) is 0 Å². The number of aryl methyl sites for hydroxylation is 2. The molecule has 0 spiro atoms. The molecule has 2 rings (SSSR count). The van der Waals surface area contributed by atoms with Crippen molar-refractivity contribution in [2.45, 2.75) is 20.3 Å². The van der Waals surface area contributed by atoms with Crippen LogP contribution in [0.5, 0.6) is 0 Å². The number of hydrogen-bond acceptors (Lipinski definition) is 4. The lowest BCUT2D eigenvalue weighted by Crippen LogP contribution is -2.14. The highest BCUT2D eigenvalue weighted by Gasteiger charge is 2.05. The molecule has 0 atom stereocenters. The van der Waals surface area contributed by atoms with E-state index in [9.17, 15) is 0 Å². The molecule has 2 aromatic rings. The number of aromatic nitrogens is 1. The monoisotopic (exact) mass is 291 g/mol. The summed E-state index contributed by atoms with van der Waals surface area (Å²) in [6.45, 7) is 4.90. The number of anilines is 1. The SMILES string of the molecule is Cc1ccc(C(N)=S)c(NCCc2csc(C)n2)c1. The molecule has 0 aliphatic carbocycles. The first-order chi connectivity index (χ1) is 9.06. The van der Waals surface area contributed by atoms with Crippen molar-refractivity contribution in [1.82, 2.24) is 4.98 Å². The van der Waals surface area contributed by atoms with Gasteiger partial charge in [0.2, 0.25) is 0 Å². The molecule has 100 valence electrons. The lowest BCUT2D eigenvalue weighted by atomic mass is 10.1. The number of rotatable bonds is 5. The van der Waals surface area contributed by atoms with E-state index < -0.39 is 0 Å². The van der Waals surface area contributed by atoms with E-state index in [-0.39, 0.29) is 0 Å². The molecule has 5 heteroatoms. The minimum atomic E-state index is 0.423. The molecule has 0 bridgehead atoms. The van der Waals surface area contributed by atoms with Crippen LogP contribution in [0.25, 0.3) is 0 Å². The molecule has 1 aromatic heterocycles. The van der Waals surface area contributed by atoms with Gasteiger partial charge in [0.25, 0.3) is 0 Å². The predicted octanol–water partition coefficient (Wildman–Crippen LogP) is 3.05. The van der Waals surface area contributed by atoms with Crippen LogP contribution in [0.3, 0.4) is 0 Å². The van der Waals surface area contributed by atoms with Gasteiger partial charge in [0.1, 0.15) is 4.99 Å². The summed E-state index contributed by atoms with van der Waals surface area (Å²) in [6, 6.07) is 6.05. The Balaban J connectivity index is 2.02. The zero-order chi connectivity index (χ0) is 13.8. The van der Waals surface area contributed by atoms with Gasteiger partial charge in [-0.1, -0.05) is 18.3 Å². The maximum absolute atomic E-state index is 5.73. The second kappa shape index (κ2) is 6.12. The van der Waals surface area contributed by atoms with Crippen LogP contribution in [-0.4, -0.2) is 16.5 Å². The average molecular weight is 291 g/mol. The van der Waals surface area contributed by atoms with Gasteiger partial charge in [-0.05, 0) is 31.5 Å². The van der Waals surface area contributed by atoms with Gasteiger partial charge in [-0.25, -0.2) is 4.98 Å². The number of thiazole rings is 1. The smallest absolute Gasteiger partial charge is 0.106 e. The van der Waals surface area contributed by atoms with Crippen molar-refractivity contribution in [3.05, 3.63) is 45.4 Å². The third-order valence-electron chi connectivity index (χ3n) is 2.80. The average Bonchev–Trinajstić information content (AvgIpc) is 2.75. The van der Waals surface area contributed by atoms with E-state index >= 15 is 0 Å². The molecule has 0 saturated heterocycles. The Labute approximate surface area is 122 Å². The van der Waals surface area contributed by atoms with Crippen molar-refractivity contribution >= 4 is 34.2 Å². The highest BCUT2D eigenvalue weighted by Crippen LogP contribution is 2.18. The normalized spacial score (nSPS) is 10.4. The lowest BCUT2D eigenvalue weighted by Gasteiger charge is -2.11. The maximum Gasteiger partial charge on any atom is 0.106 e. The molecule has 0 amide bonds. The van der Waals surface area contributed by atoms with Crippen molar-refractivity contribution in [3.63, 3.8) is 0 Å².